The van der Waals surface area contributed by atoms with Crippen molar-refractivity contribution in [3.8, 4) is 0 Å². The Morgan fingerprint density at radius 3 is 2.46 bits per heavy atom. The fourth-order valence-corrected chi connectivity index (χ4v) is 4.28. The molecule has 2 N–H and O–H groups in total. The molecular formula is C17H14ClF3N2O2S. The average molecular weight is 403 g/mol. The van der Waals surface area contributed by atoms with Crippen molar-refractivity contribution in [3.05, 3.63) is 45.3 Å². The van der Waals surface area contributed by atoms with Crippen LogP contribution in [0.2, 0.25) is 5.02 Å². The molecule has 1 heterocycles. The maximum Gasteiger partial charge on any atom is 0.471 e. The van der Waals surface area contributed by atoms with Crippen LogP contribution in [0.3, 0.4) is 0 Å². The Morgan fingerprint density at radius 1 is 1.08 bits per heavy atom. The predicted octanol–water partition coefficient (Wildman–Crippen LogP) is 5.03. The first-order valence-corrected chi connectivity index (χ1v) is 9.05. The molecule has 1 aliphatic rings. The number of anilines is 2. The van der Waals surface area contributed by atoms with E-state index in [1.807, 2.05) is 5.32 Å². The molecule has 1 aliphatic carbocycles. The van der Waals surface area contributed by atoms with E-state index in [4.69, 9.17) is 11.6 Å². The normalized spacial score (nSPS) is 13.8. The van der Waals surface area contributed by atoms with Crippen LogP contribution in [-0.2, 0) is 17.6 Å². The molecule has 0 fully saturated rings. The maximum atomic E-state index is 12.8. The standard InChI is InChI=1S/C17H14ClF3N2O2S/c18-10-6-2-3-7-11(10)22-14(24)13-9-5-1-4-8-12(9)26-15(13)23-16(25)17(19,20)21/h2-3,6-7H,1,4-5,8H2,(H,22,24)(H,23,25). The molecule has 138 valence electrons. The molecule has 9 heteroatoms. The van der Waals surface area contributed by atoms with Gasteiger partial charge in [-0.1, -0.05) is 23.7 Å². The van der Waals surface area contributed by atoms with Crippen LogP contribution < -0.4 is 10.6 Å². The summed E-state index contributed by atoms with van der Waals surface area (Å²) in [5.41, 5.74) is 1.13. The SMILES string of the molecule is O=C(Nc1ccccc1Cl)c1c(NC(=O)C(F)(F)F)sc2c1CCCC2. The summed E-state index contributed by atoms with van der Waals surface area (Å²) in [7, 11) is 0. The van der Waals surface area contributed by atoms with Crippen LogP contribution in [0.15, 0.2) is 24.3 Å². The maximum absolute atomic E-state index is 12.8. The number of carbonyl (C=O) groups is 2. The van der Waals surface area contributed by atoms with Gasteiger partial charge in [-0.15, -0.1) is 11.3 Å². The molecule has 0 radical (unpaired) electrons. The lowest BCUT2D eigenvalue weighted by molar-refractivity contribution is -0.167. The van der Waals surface area contributed by atoms with Crippen molar-refractivity contribution in [1.29, 1.82) is 0 Å². The van der Waals surface area contributed by atoms with Gasteiger partial charge >= 0.3 is 12.1 Å². The molecule has 0 aliphatic heterocycles. The molecule has 3 rings (SSSR count). The van der Waals surface area contributed by atoms with E-state index in [9.17, 15) is 22.8 Å². The van der Waals surface area contributed by atoms with Gasteiger partial charge in [-0.05, 0) is 43.4 Å². The molecule has 0 atom stereocenters. The van der Waals surface area contributed by atoms with Gasteiger partial charge in [0.15, 0.2) is 0 Å². The zero-order valence-electron chi connectivity index (χ0n) is 13.4. The number of halogens is 4. The number of amides is 2. The molecule has 1 aromatic carbocycles. The second-order valence-electron chi connectivity index (χ2n) is 5.80. The van der Waals surface area contributed by atoms with Gasteiger partial charge in [0, 0.05) is 4.88 Å². The fraction of sp³-hybridized carbons (Fsp3) is 0.294. The number of para-hydroxylation sites is 1. The minimum Gasteiger partial charge on any atom is -0.321 e. The molecule has 4 nitrogen and oxygen atoms in total. The molecule has 0 saturated carbocycles. The second-order valence-corrected chi connectivity index (χ2v) is 7.31. The first kappa shape index (κ1) is 18.7. The summed E-state index contributed by atoms with van der Waals surface area (Å²) in [6, 6.07) is 6.55. The Hall–Kier alpha value is -2.06. The Bertz CT molecular complexity index is 864. The highest BCUT2D eigenvalue weighted by Crippen LogP contribution is 2.39. The Balaban J connectivity index is 1.96. The summed E-state index contributed by atoms with van der Waals surface area (Å²) in [4.78, 5) is 24.9. The number of fused-ring (bicyclic) bond motifs is 1. The van der Waals surface area contributed by atoms with Crippen LogP contribution in [0.25, 0.3) is 0 Å². The summed E-state index contributed by atoms with van der Waals surface area (Å²) < 4.78 is 37.9. The van der Waals surface area contributed by atoms with E-state index in [1.165, 1.54) is 0 Å². The summed E-state index contributed by atoms with van der Waals surface area (Å²) in [6.45, 7) is 0. The number of thiophene rings is 1. The molecule has 2 amide bonds. The third-order valence-corrected chi connectivity index (χ3v) is 5.54. The van der Waals surface area contributed by atoms with Crippen LogP contribution in [0, 0.1) is 0 Å². The Kier molecular flexibility index (Phi) is 5.24. The molecule has 0 spiro atoms. The van der Waals surface area contributed by atoms with Crippen molar-refractivity contribution >= 4 is 45.4 Å². The van der Waals surface area contributed by atoms with Crippen molar-refractivity contribution in [1.82, 2.24) is 0 Å². The summed E-state index contributed by atoms with van der Waals surface area (Å²) in [6.07, 6.45) is -2.04. The fourth-order valence-electron chi connectivity index (χ4n) is 2.82. The van der Waals surface area contributed by atoms with E-state index in [-0.39, 0.29) is 10.6 Å². The molecule has 2 aromatic rings. The molecule has 26 heavy (non-hydrogen) atoms. The van der Waals surface area contributed by atoms with Gasteiger partial charge in [0.05, 0.1) is 16.3 Å². The van der Waals surface area contributed by atoms with Crippen molar-refractivity contribution in [2.75, 3.05) is 10.6 Å². The Morgan fingerprint density at radius 2 is 1.77 bits per heavy atom. The lowest BCUT2D eigenvalue weighted by Gasteiger charge is -2.14. The van der Waals surface area contributed by atoms with Gasteiger partial charge in [-0.25, -0.2) is 0 Å². The van der Waals surface area contributed by atoms with Gasteiger partial charge in [0.1, 0.15) is 5.00 Å². The van der Waals surface area contributed by atoms with Gasteiger partial charge in [-0.3, -0.25) is 9.59 Å². The number of hydrogen-bond acceptors (Lipinski definition) is 3. The lowest BCUT2D eigenvalue weighted by Crippen LogP contribution is -2.30. The third kappa shape index (κ3) is 3.86. The van der Waals surface area contributed by atoms with Crippen molar-refractivity contribution in [2.45, 2.75) is 31.9 Å². The zero-order valence-corrected chi connectivity index (χ0v) is 14.9. The number of alkyl halides is 3. The topological polar surface area (TPSA) is 58.2 Å². The molecule has 0 unspecified atom stereocenters. The van der Waals surface area contributed by atoms with E-state index in [2.05, 4.69) is 5.32 Å². The van der Waals surface area contributed by atoms with Crippen molar-refractivity contribution in [3.63, 3.8) is 0 Å². The van der Waals surface area contributed by atoms with Crippen LogP contribution in [-0.4, -0.2) is 18.0 Å². The average Bonchev–Trinajstić information content (AvgIpc) is 2.94. The number of rotatable bonds is 3. The molecule has 0 bridgehead atoms. The van der Waals surface area contributed by atoms with E-state index in [0.29, 0.717) is 29.1 Å². The Labute approximate surface area is 156 Å². The zero-order chi connectivity index (χ0) is 18.9. The van der Waals surface area contributed by atoms with E-state index in [1.54, 1.807) is 24.3 Å². The highest BCUT2D eigenvalue weighted by Gasteiger charge is 2.40. The quantitative estimate of drug-likeness (QED) is 0.756. The highest BCUT2D eigenvalue weighted by molar-refractivity contribution is 7.17. The summed E-state index contributed by atoms with van der Waals surface area (Å²) in [5.74, 6) is -2.68. The number of nitrogens with one attached hydrogen (secondary N) is 2. The first-order chi connectivity index (χ1) is 12.3. The molecular weight excluding hydrogens is 389 g/mol. The van der Waals surface area contributed by atoms with E-state index in [0.717, 1.165) is 29.1 Å². The predicted molar refractivity (Wildman–Crippen MR) is 95.1 cm³/mol. The minimum atomic E-state index is -5.03. The number of aryl methyl sites for hydroxylation is 1. The first-order valence-electron chi connectivity index (χ1n) is 7.86. The second kappa shape index (κ2) is 7.28. The van der Waals surface area contributed by atoms with Gasteiger partial charge in [0.2, 0.25) is 0 Å². The van der Waals surface area contributed by atoms with E-state index < -0.39 is 18.0 Å². The van der Waals surface area contributed by atoms with Crippen LogP contribution >= 0.6 is 22.9 Å². The number of carbonyl (C=O) groups excluding carboxylic acids is 2. The van der Waals surface area contributed by atoms with Crippen LogP contribution in [0.4, 0.5) is 23.9 Å². The van der Waals surface area contributed by atoms with Crippen LogP contribution in [0.1, 0.15) is 33.6 Å². The van der Waals surface area contributed by atoms with Gasteiger partial charge in [-0.2, -0.15) is 13.2 Å². The van der Waals surface area contributed by atoms with Gasteiger partial charge < -0.3 is 10.6 Å². The van der Waals surface area contributed by atoms with Crippen molar-refractivity contribution < 1.29 is 22.8 Å². The lowest BCUT2D eigenvalue weighted by atomic mass is 9.95. The van der Waals surface area contributed by atoms with Crippen molar-refractivity contribution in [2.24, 2.45) is 0 Å². The minimum absolute atomic E-state index is 0.0798. The number of benzene rings is 1. The van der Waals surface area contributed by atoms with Crippen LogP contribution in [0.5, 0.6) is 0 Å². The largest absolute Gasteiger partial charge is 0.471 e. The van der Waals surface area contributed by atoms with Gasteiger partial charge in [0.25, 0.3) is 5.91 Å². The summed E-state index contributed by atoms with van der Waals surface area (Å²) >= 11 is 7.05. The van der Waals surface area contributed by atoms with E-state index >= 15 is 0 Å². The monoisotopic (exact) mass is 402 g/mol. The number of hydrogen-bond donors (Lipinski definition) is 2. The smallest absolute Gasteiger partial charge is 0.321 e. The summed E-state index contributed by atoms with van der Waals surface area (Å²) in [5, 5.41) is 4.70. The highest BCUT2D eigenvalue weighted by atomic mass is 35.5. The molecule has 0 saturated heterocycles. The third-order valence-electron chi connectivity index (χ3n) is 4.00. The molecule has 1 aromatic heterocycles.